The Hall–Kier alpha value is -3.94. The summed E-state index contributed by atoms with van der Waals surface area (Å²) in [6.07, 6.45) is 2.80. The normalized spacial score (nSPS) is 19.4. The van der Waals surface area contributed by atoms with E-state index in [1.54, 1.807) is 6.33 Å². The van der Waals surface area contributed by atoms with Crippen molar-refractivity contribution in [2.45, 2.75) is 20.0 Å². The predicted molar refractivity (Wildman–Crippen MR) is 126 cm³/mol. The fourth-order valence-corrected chi connectivity index (χ4v) is 4.36. The number of nitrogens with two attached hydrogens (primary N) is 1. The number of benzene rings is 2. The molecule has 4 aromatic rings. The Morgan fingerprint density at radius 1 is 1.06 bits per heavy atom. The zero-order valence-corrected chi connectivity index (χ0v) is 18.4. The van der Waals surface area contributed by atoms with E-state index in [-0.39, 0.29) is 0 Å². The van der Waals surface area contributed by atoms with Gasteiger partial charge in [0.2, 0.25) is 0 Å². The lowest BCUT2D eigenvalue weighted by Gasteiger charge is -2.09. The average Bonchev–Trinajstić information content (AvgIpc) is 3.24. The van der Waals surface area contributed by atoms with E-state index in [0.717, 1.165) is 28.9 Å². The number of rotatable bonds is 7. The van der Waals surface area contributed by atoms with Crippen molar-refractivity contribution >= 4 is 23.1 Å². The first kappa shape index (κ1) is 20.9. The quantitative estimate of drug-likeness (QED) is 0.450. The molecule has 2 aromatic heterocycles. The highest BCUT2D eigenvalue weighted by Gasteiger charge is 2.47. The van der Waals surface area contributed by atoms with Gasteiger partial charge in [0.1, 0.15) is 11.8 Å². The molecule has 1 aliphatic rings. The number of anilines is 1. The number of ether oxygens (including phenoxy) is 1. The van der Waals surface area contributed by atoms with E-state index in [9.17, 15) is 4.79 Å². The van der Waals surface area contributed by atoms with Crippen LogP contribution in [0.2, 0.25) is 0 Å². The van der Waals surface area contributed by atoms with Crippen LogP contribution < -0.4 is 11.1 Å². The Morgan fingerprint density at radius 2 is 1.88 bits per heavy atom. The third-order valence-electron chi connectivity index (χ3n) is 6.47. The van der Waals surface area contributed by atoms with Crippen molar-refractivity contribution in [3.8, 4) is 11.1 Å². The van der Waals surface area contributed by atoms with Gasteiger partial charge in [-0.05, 0) is 34.6 Å². The number of aromatic nitrogens is 4. The smallest absolute Gasteiger partial charge is 0.407 e. The van der Waals surface area contributed by atoms with Crippen LogP contribution in [-0.2, 0) is 17.8 Å². The summed E-state index contributed by atoms with van der Waals surface area (Å²) in [6.45, 7) is 3.75. The molecule has 1 fully saturated rings. The first-order chi connectivity index (χ1) is 16.1. The molecule has 2 heterocycles. The van der Waals surface area contributed by atoms with Gasteiger partial charge in [0.25, 0.3) is 0 Å². The van der Waals surface area contributed by atoms with Gasteiger partial charge < -0.3 is 20.4 Å². The van der Waals surface area contributed by atoms with E-state index < -0.39 is 6.09 Å². The fraction of sp³-hybridized carbons (Fsp3) is 0.280. The molecule has 1 aliphatic carbocycles. The van der Waals surface area contributed by atoms with E-state index in [1.807, 2.05) is 34.9 Å². The van der Waals surface area contributed by atoms with E-state index in [0.29, 0.717) is 42.2 Å². The van der Waals surface area contributed by atoms with E-state index in [1.165, 1.54) is 6.33 Å². The minimum atomic E-state index is -0.397. The van der Waals surface area contributed by atoms with Crippen LogP contribution in [0.5, 0.6) is 0 Å². The van der Waals surface area contributed by atoms with Crippen molar-refractivity contribution in [2.75, 3.05) is 12.3 Å². The molecule has 3 N–H and O–H groups in total. The van der Waals surface area contributed by atoms with E-state index >= 15 is 0 Å². The van der Waals surface area contributed by atoms with Gasteiger partial charge in [-0.25, -0.2) is 19.7 Å². The fourth-order valence-electron chi connectivity index (χ4n) is 4.36. The topological polar surface area (TPSA) is 108 Å². The van der Waals surface area contributed by atoms with Gasteiger partial charge in [-0.15, -0.1) is 0 Å². The molecule has 8 heteroatoms. The Balaban J connectivity index is 1.11. The number of carbonyl (C=O) groups excluding carboxylic acids is 1. The zero-order valence-electron chi connectivity index (χ0n) is 18.4. The van der Waals surface area contributed by atoms with Crippen molar-refractivity contribution in [3.63, 3.8) is 0 Å². The SMILES string of the molecule is CC1C(COC(=O)NCc2cccc(-c3ccccc3)c2)C1Cn1cnc2c(N)ncnc21. The van der Waals surface area contributed by atoms with Crippen LogP contribution in [0.15, 0.2) is 67.3 Å². The highest BCUT2D eigenvalue weighted by Crippen LogP contribution is 2.47. The molecule has 33 heavy (non-hydrogen) atoms. The van der Waals surface area contributed by atoms with Crippen LogP contribution in [0.1, 0.15) is 12.5 Å². The van der Waals surface area contributed by atoms with Gasteiger partial charge in [0, 0.05) is 19.0 Å². The number of imidazole rings is 1. The molecule has 0 radical (unpaired) electrons. The number of hydrogen-bond donors (Lipinski definition) is 2. The van der Waals surface area contributed by atoms with Crippen LogP contribution in [0.25, 0.3) is 22.3 Å². The first-order valence-electron chi connectivity index (χ1n) is 11.1. The zero-order chi connectivity index (χ0) is 22.8. The van der Waals surface area contributed by atoms with E-state index in [4.69, 9.17) is 10.5 Å². The first-order valence-corrected chi connectivity index (χ1v) is 11.1. The van der Waals surface area contributed by atoms with Crippen molar-refractivity contribution < 1.29 is 9.53 Å². The van der Waals surface area contributed by atoms with Gasteiger partial charge in [-0.3, -0.25) is 0 Å². The number of alkyl carbamates (subject to hydrolysis) is 1. The van der Waals surface area contributed by atoms with Crippen LogP contribution in [0.3, 0.4) is 0 Å². The molecule has 8 nitrogen and oxygen atoms in total. The molecule has 0 spiro atoms. The van der Waals surface area contributed by atoms with Gasteiger partial charge in [-0.2, -0.15) is 0 Å². The summed E-state index contributed by atoms with van der Waals surface area (Å²) in [5.74, 6) is 1.55. The number of nitrogens with one attached hydrogen (secondary N) is 1. The number of nitrogen functional groups attached to an aromatic ring is 1. The predicted octanol–water partition coefficient (Wildman–Crippen LogP) is 3.88. The summed E-state index contributed by atoms with van der Waals surface area (Å²) >= 11 is 0. The minimum absolute atomic E-state index is 0.314. The van der Waals surface area contributed by atoms with Crippen LogP contribution in [0.4, 0.5) is 10.6 Å². The summed E-state index contributed by atoms with van der Waals surface area (Å²) in [5, 5.41) is 2.86. The molecule has 0 bridgehead atoms. The number of amides is 1. The lowest BCUT2D eigenvalue weighted by Crippen LogP contribution is -2.24. The summed E-state index contributed by atoms with van der Waals surface area (Å²) in [5.41, 5.74) is 10.5. The monoisotopic (exact) mass is 442 g/mol. The maximum atomic E-state index is 12.3. The number of hydrogen-bond acceptors (Lipinski definition) is 6. The Bertz CT molecular complexity index is 1270. The lowest BCUT2D eigenvalue weighted by atomic mass is 10.0. The summed E-state index contributed by atoms with van der Waals surface area (Å²) in [6, 6.07) is 18.3. The van der Waals surface area contributed by atoms with Crippen molar-refractivity contribution in [3.05, 3.63) is 72.8 Å². The van der Waals surface area contributed by atoms with Gasteiger partial charge in [0.15, 0.2) is 11.5 Å². The molecule has 0 saturated heterocycles. The molecule has 168 valence electrons. The summed E-state index contributed by atoms with van der Waals surface area (Å²) in [7, 11) is 0. The average molecular weight is 443 g/mol. The molecule has 0 aliphatic heterocycles. The maximum Gasteiger partial charge on any atom is 0.407 e. The van der Waals surface area contributed by atoms with Crippen LogP contribution >= 0.6 is 0 Å². The minimum Gasteiger partial charge on any atom is -0.449 e. The Morgan fingerprint density at radius 3 is 2.73 bits per heavy atom. The Kier molecular flexibility index (Phi) is 5.64. The lowest BCUT2D eigenvalue weighted by molar-refractivity contribution is 0.137. The van der Waals surface area contributed by atoms with Gasteiger partial charge in [-0.1, -0.05) is 55.5 Å². The van der Waals surface area contributed by atoms with E-state index in [2.05, 4.69) is 51.5 Å². The molecule has 5 rings (SSSR count). The van der Waals surface area contributed by atoms with Crippen LogP contribution in [0, 0.1) is 17.8 Å². The van der Waals surface area contributed by atoms with Crippen molar-refractivity contribution in [1.29, 1.82) is 0 Å². The molecule has 3 unspecified atom stereocenters. The summed E-state index contributed by atoms with van der Waals surface area (Å²) < 4.78 is 7.50. The number of carbonyl (C=O) groups is 1. The number of nitrogens with zero attached hydrogens (tertiary/aromatic N) is 4. The largest absolute Gasteiger partial charge is 0.449 e. The maximum absolute atomic E-state index is 12.3. The molecular formula is C25H26N6O2. The third kappa shape index (κ3) is 4.50. The van der Waals surface area contributed by atoms with Gasteiger partial charge >= 0.3 is 6.09 Å². The third-order valence-corrected chi connectivity index (χ3v) is 6.47. The molecular weight excluding hydrogens is 416 g/mol. The second-order valence-corrected chi connectivity index (χ2v) is 8.53. The number of fused-ring (bicyclic) bond motifs is 1. The molecule has 1 saturated carbocycles. The Labute approximate surface area is 191 Å². The van der Waals surface area contributed by atoms with Crippen LogP contribution in [-0.4, -0.2) is 32.2 Å². The standard InChI is InChI=1S/C25H26N6O2/c1-16-20(12-31-15-30-22-23(26)28-14-29-24(22)31)21(16)13-33-25(32)27-11-17-6-5-9-19(10-17)18-7-3-2-4-8-18/h2-10,14-16,20-21H,11-13H2,1H3,(H,27,32)(H2,26,28,29). The highest BCUT2D eigenvalue weighted by atomic mass is 16.5. The summed E-state index contributed by atoms with van der Waals surface area (Å²) in [4.78, 5) is 24.9. The van der Waals surface area contributed by atoms with Crippen molar-refractivity contribution in [2.24, 2.45) is 17.8 Å². The van der Waals surface area contributed by atoms with Crippen molar-refractivity contribution in [1.82, 2.24) is 24.8 Å². The molecule has 1 amide bonds. The second-order valence-electron chi connectivity index (χ2n) is 8.53. The molecule has 3 atom stereocenters. The van der Waals surface area contributed by atoms with Gasteiger partial charge in [0.05, 0.1) is 12.9 Å². The second kappa shape index (κ2) is 8.90. The highest BCUT2D eigenvalue weighted by molar-refractivity contribution is 5.81. The molecule has 2 aromatic carbocycles.